The van der Waals surface area contributed by atoms with E-state index in [1.807, 2.05) is 12.1 Å². The van der Waals surface area contributed by atoms with Crippen molar-refractivity contribution >= 4 is 39.1 Å². The van der Waals surface area contributed by atoms with E-state index in [1.54, 1.807) is 24.3 Å². The van der Waals surface area contributed by atoms with E-state index in [0.29, 0.717) is 40.8 Å². The minimum absolute atomic E-state index is 0.0986. The molecule has 0 fully saturated rings. The Labute approximate surface area is 191 Å². The fraction of sp³-hybridized carbons (Fsp3) is 0.217. The number of hydrogen-bond acceptors (Lipinski definition) is 5. The van der Waals surface area contributed by atoms with Crippen molar-refractivity contribution in [3.05, 3.63) is 71.4 Å². The minimum atomic E-state index is -3.73. The van der Waals surface area contributed by atoms with E-state index in [9.17, 15) is 13.2 Å². The van der Waals surface area contributed by atoms with Crippen LogP contribution in [0.2, 0.25) is 5.02 Å². The smallest absolute Gasteiger partial charge is 0.291 e. The highest BCUT2D eigenvalue weighted by Gasteiger charge is 2.18. The molecule has 0 aliphatic carbocycles. The summed E-state index contributed by atoms with van der Waals surface area (Å²) in [6, 6.07) is 16.3. The molecule has 166 valence electrons. The Bertz CT molecular complexity index is 1250. The Kier molecular flexibility index (Phi) is 6.62. The number of hydrogen-bond donors (Lipinski definition) is 2. The highest BCUT2D eigenvalue weighted by atomic mass is 35.5. The molecular weight excluding hydrogens is 450 g/mol. The van der Waals surface area contributed by atoms with E-state index in [-0.39, 0.29) is 10.7 Å². The number of halogens is 1. The predicted octanol–water partition coefficient (Wildman–Crippen LogP) is 5.10. The second-order valence-corrected chi connectivity index (χ2v) is 9.46. The van der Waals surface area contributed by atoms with E-state index in [0.717, 1.165) is 19.3 Å². The van der Waals surface area contributed by atoms with Gasteiger partial charge >= 0.3 is 0 Å². The first-order chi connectivity index (χ1) is 15.4. The topological polar surface area (TPSA) is 101 Å². The molecular formula is C23H22ClN3O4S. The van der Waals surface area contributed by atoms with Crippen molar-refractivity contribution in [3.63, 3.8) is 0 Å². The maximum Gasteiger partial charge on any atom is 0.291 e. The van der Waals surface area contributed by atoms with Gasteiger partial charge in [0.15, 0.2) is 5.76 Å². The van der Waals surface area contributed by atoms with Crippen molar-refractivity contribution in [2.24, 2.45) is 4.99 Å². The van der Waals surface area contributed by atoms with Crippen LogP contribution >= 0.6 is 11.6 Å². The molecule has 2 N–H and O–H groups in total. The quantitative estimate of drug-likeness (QED) is 0.540. The summed E-state index contributed by atoms with van der Waals surface area (Å²) in [6.45, 7) is 0.633. The van der Waals surface area contributed by atoms with Crippen LogP contribution in [0.25, 0.3) is 11.3 Å². The lowest BCUT2D eigenvalue weighted by molar-refractivity contribution is 0.0997. The number of carbonyl (C=O) groups excluding carboxylic acids is 1. The first-order valence-corrected chi connectivity index (χ1v) is 12.1. The van der Waals surface area contributed by atoms with Crippen LogP contribution in [0.5, 0.6) is 0 Å². The van der Waals surface area contributed by atoms with Crippen molar-refractivity contribution in [3.8, 4) is 11.3 Å². The fourth-order valence-electron chi connectivity index (χ4n) is 3.35. The van der Waals surface area contributed by atoms with E-state index in [2.05, 4.69) is 15.0 Å². The molecule has 4 rings (SSSR count). The average Bonchev–Trinajstić information content (AvgIpc) is 3.13. The Morgan fingerprint density at radius 3 is 2.53 bits per heavy atom. The first kappa shape index (κ1) is 22.1. The summed E-state index contributed by atoms with van der Waals surface area (Å²) in [5.41, 5.74) is 1.13. The molecule has 9 heteroatoms. The molecule has 32 heavy (non-hydrogen) atoms. The second kappa shape index (κ2) is 9.58. The second-order valence-electron chi connectivity index (χ2n) is 7.37. The number of furan rings is 1. The Hall–Kier alpha value is -3.10. The summed E-state index contributed by atoms with van der Waals surface area (Å²) in [4.78, 5) is 16.9. The summed E-state index contributed by atoms with van der Waals surface area (Å²) < 4.78 is 33.5. The van der Waals surface area contributed by atoms with E-state index in [4.69, 9.17) is 16.0 Å². The molecule has 0 bridgehead atoms. The number of sulfonamides is 1. The predicted molar refractivity (Wildman–Crippen MR) is 125 cm³/mol. The number of aliphatic imine (C=N–C) groups is 1. The number of anilines is 1. The van der Waals surface area contributed by atoms with Crippen molar-refractivity contribution in [1.82, 2.24) is 4.72 Å². The summed E-state index contributed by atoms with van der Waals surface area (Å²) >= 11 is 6.18. The Balaban J connectivity index is 1.43. The van der Waals surface area contributed by atoms with Crippen LogP contribution < -0.4 is 10.0 Å². The number of nitrogens with one attached hydrogen (secondary N) is 2. The molecule has 2 heterocycles. The lowest BCUT2D eigenvalue weighted by atomic mass is 10.2. The van der Waals surface area contributed by atoms with E-state index < -0.39 is 15.9 Å². The normalized spacial score (nSPS) is 14.3. The third kappa shape index (κ3) is 5.20. The van der Waals surface area contributed by atoms with Crippen LogP contribution in [0.3, 0.4) is 0 Å². The zero-order valence-corrected chi connectivity index (χ0v) is 18.7. The van der Waals surface area contributed by atoms with Gasteiger partial charge < -0.3 is 9.73 Å². The minimum Gasteiger partial charge on any atom is -0.451 e. The van der Waals surface area contributed by atoms with Crippen LogP contribution in [-0.2, 0) is 10.0 Å². The molecule has 0 saturated heterocycles. The standard InChI is InChI=1S/C23H22ClN3O4S/c24-19-7-4-3-6-18(19)20-13-14-21(31-20)23(28)26-16-9-11-17(12-10-16)32(29,30)27-22-8-2-1-5-15-25-22/h3-4,6-7,9-14H,1-2,5,8,15H2,(H,25,27)(H,26,28). The van der Waals surface area contributed by atoms with E-state index in [1.165, 1.54) is 24.3 Å². The molecule has 1 aromatic heterocycles. The van der Waals surface area contributed by atoms with Crippen molar-refractivity contribution in [2.75, 3.05) is 11.9 Å². The largest absolute Gasteiger partial charge is 0.451 e. The van der Waals surface area contributed by atoms with E-state index >= 15 is 0 Å². The molecule has 0 atom stereocenters. The molecule has 3 aromatic rings. The van der Waals surface area contributed by atoms with Crippen LogP contribution in [0.1, 0.15) is 36.2 Å². The number of carbonyl (C=O) groups is 1. The summed E-state index contributed by atoms with van der Waals surface area (Å²) in [6.07, 6.45) is 3.54. The van der Waals surface area contributed by atoms with Gasteiger partial charge in [-0.1, -0.05) is 30.2 Å². The highest BCUT2D eigenvalue weighted by molar-refractivity contribution is 7.90. The zero-order valence-electron chi connectivity index (χ0n) is 17.2. The maximum absolute atomic E-state index is 12.6. The van der Waals surface area contributed by atoms with Gasteiger partial charge in [-0.15, -0.1) is 0 Å². The van der Waals surface area contributed by atoms with Gasteiger partial charge in [0.05, 0.1) is 9.92 Å². The van der Waals surface area contributed by atoms with Crippen LogP contribution in [-0.4, -0.2) is 26.7 Å². The molecule has 0 spiro atoms. The monoisotopic (exact) mass is 471 g/mol. The molecule has 7 nitrogen and oxygen atoms in total. The molecule has 0 unspecified atom stereocenters. The molecule has 0 saturated carbocycles. The maximum atomic E-state index is 12.6. The van der Waals surface area contributed by atoms with Gasteiger partial charge in [-0.25, -0.2) is 8.42 Å². The van der Waals surface area contributed by atoms with Gasteiger partial charge in [-0.05, 0) is 61.4 Å². The van der Waals surface area contributed by atoms with Crippen molar-refractivity contribution < 1.29 is 17.6 Å². The number of amidine groups is 1. The zero-order chi connectivity index (χ0) is 22.6. The fourth-order valence-corrected chi connectivity index (χ4v) is 4.67. The summed E-state index contributed by atoms with van der Waals surface area (Å²) in [5.74, 6) is 0.635. The molecule has 1 amide bonds. The third-order valence-corrected chi connectivity index (χ3v) is 6.74. The summed E-state index contributed by atoms with van der Waals surface area (Å²) in [5, 5.41) is 3.22. The SMILES string of the molecule is O=C(Nc1ccc(S(=O)(=O)NC2=NCCCCC2)cc1)c1ccc(-c2ccccc2Cl)o1. The summed E-state index contributed by atoms with van der Waals surface area (Å²) in [7, 11) is -3.73. The van der Waals surface area contributed by atoms with Gasteiger partial charge in [-0.3, -0.25) is 14.5 Å². The van der Waals surface area contributed by atoms with Gasteiger partial charge in [-0.2, -0.15) is 0 Å². The van der Waals surface area contributed by atoms with Crippen molar-refractivity contribution in [2.45, 2.75) is 30.6 Å². The lowest BCUT2D eigenvalue weighted by Crippen LogP contribution is -2.30. The van der Waals surface area contributed by atoms with Gasteiger partial charge in [0, 0.05) is 24.2 Å². The lowest BCUT2D eigenvalue weighted by Gasteiger charge is -2.10. The molecule has 1 aliphatic rings. The number of rotatable bonds is 5. The Morgan fingerprint density at radius 2 is 1.75 bits per heavy atom. The highest BCUT2D eigenvalue weighted by Crippen LogP contribution is 2.29. The molecule has 2 aromatic carbocycles. The number of amides is 1. The van der Waals surface area contributed by atoms with Gasteiger partial charge in [0.1, 0.15) is 11.6 Å². The first-order valence-electron chi connectivity index (χ1n) is 10.2. The third-order valence-electron chi connectivity index (χ3n) is 5.02. The number of benzene rings is 2. The van der Waals surface area contributed by atoms with Crippen LogP contribution in [0.4, 0.5) is 5.69 Å². The van der Waals surface area contributed by atoms with Gasteiger partial charge in [0.2, 0.25) is 0 Å². The van der Waals surface area contributed by atoms with Crippen LogP contribution in [0.15, 0.2) is 75.0 Å². The number of nitrogens with zero attached hydrogens (tertiary/aromatic N) is 1. The Morgan fingerprint density at radius 1 is 0.969 bits per heavy atom. The van der Waals surface area contributed by atoms with Crippen LogP contribution in [0, 0.1) is 0 Å². The van der Waals surface area contributed by atoms with Crippen molar-refractivity contribution in [1.29, 1.82) is 0 Å². The van der Waals surface area contributed by atoms with Gasteiger partial charge in [0.25, 0.3) is 15.9 Å². The molecule has 0 radical (unpaired) electrons. The molecule has 1 aliphatic heterocycles. The average molecular weight is 472 g/mol.